The molecule has 1 aliphatic carbocycles. The van der Waals surface area contributed by atoms with Crippen molar-refractivity contribution in [3.05, 3.63) is 41.6 Å². The average Bonchev–Trinajstić information content (AvgIpc) is 3.48. The second-order valence-corrected chi connectivity index (χ2v) is 11.0. The number of anilines is 1. The van der Waals surface area contributed by atoms with Crippen LogP contribution in [0.1, 0.15) is 57.2 Å². The van der Waals surface area contributed by atoms with Gasteiger partial charge in [0.2, 0.25) is 5.82 Å². The zero-order valence-electron chi connectivity index (χ0n) is 18.7. The minimum atomic E-state index is -0.970. The Bertz CT molecular complexity index is 1140. The largest absolute Gasteiger partial charge is 0.480 e. The van der Waals surface area contributed by atoms with Gasteiger partial charge in [0.15, 0.2) is 11.2 Å². The summed E-state index contributed by atoms with van der Waals surface area (Å²) in [5.41, 5.74) is 2.84. The molecule has 1 spiro atoms. The normalized spacial score (nSPS) is 18.7. The van der Waals surface area contributed by atoms with E-state index in [0.717, 1.165) is 35.9 Å². The number of hydrogen-bond donors (Lipinski definition) is 1. The van der Waals surface area contributed by atoms with Gasteiger partial charge in [0.1, 0.15) is 0 Å². The average molecular weight is 453 g/mol. The minimum absolute atomic E-state index is 0.316. The summed E-state index contributed by atoms with van der Waals surface area (Å²) in [5.74, 6) is -0.551. The van der Waals surface area contributed by atoms with E-state index in [9.17, 15) is 9.90 Å². The summed E-state index contributed by atoms with van der Waals surface area (Å²) in [4.78, 5) is 20.7. The Morgan fingerprint density at radius 3 is 2.66 bits per heavy atom. The molecule has 0 amide bonds. The Morgan fingerprint density at radius 1 is 1.19 bits per heavy atom. The Hall–Kier alpha value is -2.81. The second-order valence-electron chi connectivity index (χ2n) is 9.97. The molecule has 168 valence electrons. The first-order chi connectivity index (χ1) is 15.3. The van der Waals surface area contributed by atoms with Gasteiger partial charge < -0.3 is 10.0 Å². The third kappa shape index (κ3) is 3.58. The first kappa shape index (κ1) is 21.1. The predicted octanol–water partition coefficient (Wildman–Crippen LogP) is 3.95. The van der Waals surface area contributed by atoms with Crippen LogP contribution in [-0.2, 0) is 16.6 Å². The van der Waals surface area contributed by atoms with Crippen LogP contribution >= 0.6 is 11.3 Å². The van der Waals surface area contributed by atoms with E-state index in [-0.39, 0.29) is 0 Å². The molecule has 8 nitrogen and oxygen atoms in total. The molecule has 3 aromatic rings. The Labute approximate surface area is 191 Å². The van der Waals surface area contributed by atoms with Crippen molar-refractivity contribution in [3.8, 4) is 10.7 Å². The summed E-state index contributed by atoms with van der Waals surface area (Å²) >= 11 is 1.54. The van der Waals surface area contributed by atoms with Gasteiger partial charge in [-0.1, -0.05) is 56.4 Å². The van der Waals surface area contributed by atoms with Crippen LogP contribution in [0.4, 0.5) is 5.13 Å². The van der Waals surface area contributed by atoms with E-state index in [1.54, 1.807) is 11.8 Å². The standard InChI is InChI=1S/C23H28N6O2S/c1-22(2,3)18(20(30)31)29-26-19(25-27-29)17-14-24-21(32-17)28-12-10-23(11-13-28)9-8-15-6-4-5-7-16(15)23/h4-7,14,18H,8-13H2,1-3H3,(H,30,31). The zero-order valence-corrected chi connectivity index (χ0v) is 19.5. The summed E-state index contributed by atoms with van der Waals surface area (Å²) in [6.07, 6.45) is 6.47. The highest BCUT2D eigenvalue weighted by molar-refractivity contribution is 7.18. The van der Waals surface area contributed by atoms with E-state index in [0.29, 0.717) is 11.2 Å². The van der Waals surface area contributed by atoms with Gasteiger partial charge in [-0.15, -0.1) is 15.0 Å². The summed E-state index contributed by atoms with van der Waals surface area (Å²) in [7, 11) is 0. The number of thiazole rings is 1. The number of carboxylic acid groups (broad SMARTS) is 1. The maximum Gasteiger partial charge on any atom is 0.331 e. The maximum absolute atomic E-state index is 11.7. The van der Waals surface area contributed by atoms with Gasteiger partial charge in [-0.05, 0) is 52.9 Å². The van der Waals surface area contributed by atoms with Crippen molar-refractivity contribution in [2.24, 2.45) is 5.41 Å². The van der Waals surface area contributed by atoms with E-state index in [4.69, 9.17) is 0 Å². The molecule has 0 bridgehead atoms. The summed E-state index contributed by atoms with van der Waals surface area (Å²) in [5, 5.41) is 23.1. The van der Waals surface area contributed by atoms with Crippen LogP contribution in [-0.4, -0.2) is 49.4 Å². The number of aryl methyl sites for hydroxylation is 1. The molecule has 2 aliphatic rings. The van der Waals surface area contributed by atoms with E-state index in [1.807, 2.05) is 20.8 Å². The molecule has 3 heterocycles. The molecule has 0 saturated carbocycles. The van der Waals surface area contributed by atoms with E-state index in [1.165, 1.54) is 34.5 Å². The number of hydrogen-bond acceptors (Lipinski definition) is 7. The lowest BCUT2D eigenvalue weighted by Gasteiger charge is -2.40. The molecule has 0 radical (unpaired) electrons. The second kappa shape index (κ2) is 7.65. The number of tetrazole rings is 1. The van der Waals surface area contributed by atoms with Crippen LogP contribution in [0.5, 0.6) is 0 Å². The number of rotatable bonds is 4. The number of piperidine rings is 1. The van der Waals surface area contributed by atoms with Gasteiger partial charge in [0.05, 0.1) is 11.1 Å². The molecule has 1 atom stereocenters. The van der Waals surface area contributed by atoms with Crippen LogP contribution in [0.25, 0.3) is 10.7 Å². The number of carboxylic acids is 1. The van der Waals surface area contributed by atoms with E-state index >= 15 is 0 Å². The van der Waals surface area contributed by atoms with Gasteiger partial charge >= 0.3 is 5.97 Å². The first-order valence-corrected chi connectivity index (χ1v) is 11.9. The van der Waals surface area contributed by atoms with Crippen LogP contribution in [0.2, 0.25) is 0 Å². The lowest BCUT2D eigenvalue weighted by Crippen LogP contribution is -2.41. The summed E-state index contributed by atoms with van der Waals surface area (Å²) in [6, 6.07) is 8.02. The minimum Gasteiger partial charge on any atom is -0.480 e. The van der Waals surface area contributed by atoms with Crippen molar-refractivity contribution in [1.82, 2.24) is 25.2 Å². The Balaban J connectivity index is 1.31. The number of carbonyl (C=O) groups is 1. The number of benzene rings is 1. The zero-order chi connectivity index (χ0) is 22.5. The quantitative estimate of drug-likeness (QED) is 0.640. The van der Waals surface area contributed by atoms with Gasteiger partial charge in [-0.3, -0.25) is 0 Å². The lowest BCUT2D eigenvalue weighted by molar-refractivity contribution is -0.145. The molecule has 9 heteroatoms. The van der Waals surface area contributed by atoms with Gasteiger partial charge in [0, 0.05) is 13.1 Å². The highest BCUT2D eigenvalue weighted by Crippen LogP contribution is 2.47. The fourth-order valence-corrected chi connectivity index (χ4v) is 6.07. The van der Waals surface area contributed by atoms with Crippen molar-refractivity contribution >= 4 is 22.4 Å². The number of nitrogens with zero attached hydrogens (tertiary/aromatic N) is 6. The fraction of sp³-hybridized carbons (Fsp3) is 0.522. The molecule has 1 N–H and O–H groups in total. The van der Waals surface area contributed by atoms with Crippen LogP contribution in [0.15, 0.2) is 30.5 Å². The SMILES string of the molecule is CC(C)(C)C(C(=O)O)n1nnc(-c2cnc(N3CCC4(CCc5ccccc54)CC3)s2)n1. The van der Waals surface area contributed by atoms with Crippen molar-refractivity contribution in [3.63, 3.8) is 0 Å². The van der Waals surface area contributed by atoms with Crippen LogP contribution in [0.3, 0.4) is 0 Å². The predicted molar refractivity (Wildman–Crippen MR) is 123 cm³/mol. The van der Waals surface area contributed by atoms with E-state index in [2.05, 4.69) is 49.6 Å². The van der Waals surface area contributed by atoms with Gasteiger partial charge in [0.25, 0.3) is 0 Å². The third-order valence-electron chi connectivity index (χ3n) is 6.88. The highest BCUT2D eigenvalue weighted by atomic mass is 32.1. The van der Waals surface area contributed by atoms with Crippen molar-refractivity contribution in [1.29, 1.82) is 0 Å². The molecule has 5 rings (SSSR count). The summed E-state index contributed by atoms with van der Waals surface area (Å²) < 4.78 is 0. The molecule has 1 saturated heterocycles. The molecular weight excluding hydrogens is 424 g/mol. The highest BCUT2D eigenvalue weighted by Gasteiger charge is 2.41. The Morgan fingerprint density at radius 2 is 1.94 bits per heavy atom. The fourth-order valence-electron chi connectivity index (χ4n) is 5.17. The molecular formula is C23H28N6O2S. The van der Waals surface area contributed by atoms with Gasteiger partial charge in [-0.2, -0.15) is 0 Å². The number of aromatic nitrogens is 5. The van der Waals surface area contributed by atoms with E-state index < -0.39 is 17.4 Å². The van der Waals surface area contributed by atoms with Crippen LogP contribution < -0.4 is 4.90 Å². The smallest absolute Gasteiger partial charge is 0.331 e. The monoisotopic (exact) mass is 452 g/mol. The Kier molecular flexibility index (Phi) is 5.03. The molecule has 1 aromatic carbocycles. The first-order valence-electron chi connectivity index (χ1n) is 11.1. The molecule has 1 aliphatic heterocycles. The van der Waals surface area contributed by atoms with Gasteiger partial charge in [-0.25, -0.2) is 9.78 Å². The maximum atomic E-state index is 11.7. The summed E-state index contributed by atoms with van der Waals surface area (Å²) in [6.45, 7) is 7.52. The van der Waals surface area contributed by atoms with Crippen molar-refractivity contribution in [2.45, 2.75) is 57.9 Å². The topological polar surface area (TPSA) is 97.0 Å². The lowest BCUT2D eigenvalue weighted by atomic mass is 9.74. The molecule has 1 fully saturated rings. The molecule has 32 heavy (non-hydrogen) atoms. The third-order valence-corrected chi connectivity index (χ3v) is 7.93. The van der Waals surface area contributed by atoms with Crippen LogP contribution in [0, 0.1) is 5.41 Å². The van der Waals surface area contributed by atoms with Crippen molar-refractivity contribution < 1.29 is 9.90 Å². The number of aliphatic carboxylic acids is 1. The molecule has 2 aromatic heterocycles. The number of fused-ring (bicyclic) bond motifs is 2. The van der Waals surface area contributed by atoms with Crippen molar-refractivity contribution in [2.75, 3.05) is 18.0 Å². The molecule has 1 unspecified atom stereocenters.